The monoisotopic (exact) mass is 350 g/mol. The lowest BCUT2D eigenvalue weighted by Gasteiger charge is -2.46. The number of carbonyl (C=O) groups is 2. The minimum atomic E-state index is -0.358. The molecule has 0 saturated heterocycles. The average molecular weight is 350 g/mol. The van der Waals surface area contributed by atoms with Crippen LogP contribution in [0.1, 0.15) is 46.4 Å². The van der Waals surface area contributed by atoms with E-state index in [0.29, 0.717) is 11.1 Å². The van der Waals surface area contributed by atoms with Gasteiger partial charge in [-0.1, -0.05) is 36.4 Å². The minimum Gasteiger partial charge on any atom is -0.455 e. The molecule has 0 amide bonds. The van der Waals surface area contributed by atoms with Crippen molar-refractivity contribution in [2.24, 2.45) is 11.8 Å². The lowest BCUT2D eigenvalue weighted by atomic mass is 9.67. The molecule has 0 spiro atoms. The molecule has 0 radical (unpaired) electrons. The van der Waals surface area contributed by atoms with Gasteiger partial charge in [-0.3, -0.25) is 0 Å². The molecular weight excluding hydrogens is 328 g/mol. The third kappa shape index (κ3) is 3.36. The van der Waals surface area contributed by atoms with Gasteiger partial charge < -0.3 is 9.47 Å². The molecule has 3 fully saturated rings. The molecule has 2 aromatic rings. The maximum atomic E-state index is 12.5. The van der Waals surface area contributed by atoms with Crippen LogP contribution in [-0.4, -0.2) is 24.1 Å². The van der Waals surface area contributed by atoms with Crippen LogP contribution in [0.5, 0.6) is 0 Å². The molecule has 3 aliphatic rings. The molecule has 2 unspecified atom stereocenters. The van der Waals surface area contributed by atoms with Gasteiger partial charge in [0.1, 0.15) is 12.2 Å². The van der Waals surface area contributed by atoms with Crippen LogP contribution < -0.4 is 0 Å². The highest BCUT2D eigenvalue weighted by Crippen LogP contribution is 2.44. The van der Waals surface area contributed by atoms with Gasteiger partial charge in [0.15, 0.2) is 0 Å². The van der Waals surface area contributed by atoms with E-state index in [1.165, 1.54) is 0 Å². The number of hydrogen-bond donors (Lipinski definition) is 0. The molecular formula is C22H22O4. The zero-order chi connectivity index (χ0) is 17.9. The van der Waals surface area contributed by atoms with Crippen LogP contribution in [0.25, 0.3) is 0 Å². The summed E-state index contributed by atoms with van der Waals surface area (Å²) in [5.74, 6) is -0.157. The normalized spacial score (nSPS) is 26.9. The number of rotatable bonds is 4. The van der Waals surface area contributed by atoms with Crippen LogP contribution in [0.15, 0.2) is 60.7 Å². The van der Waals surface area contributed by atoms with Gasteiger partial charge in [0.2, 0.25) is 0 Å². The summed E-state index contributed by atoms with van der Waals surface area (Å²) in [4.78, 5) is 25.1. The standard InChI is InChI=1S/C22H22O4/c23-21(17-7-3-1-4-8-17)25-19-15-11-13-16(14-12-15)20(19)26-22(24)18-9-5-2-6-10-18/h1-10,15-16,19-20H,11-14H2. The van der Waals surface area contributed by atoms with E-state index in [9.17, 15) is 9.59 Å². The van der Waals surface area contributed by atoms with Gasteiger partial charge in [-0.05, 0) is 61.8 Å². The SMILES string of the molecule is O=C(OC1C2CCC(CC2)C1OC(=O)c1ccccc1)c1ccccc1. The predicted molar refractivity (Wildman–Crippen MR) is 96.7 cm³/mol. The summed E-state index contributed by atoms with van der Waals surface area (Å²) in [6.45, 7) is 0. The Kier molecular flexibility index (Phi) is 4.74. The molecule has 2 atom stereocenters. The van der Waals surface area contributed by atoms with Crippen molar-refractivity contribution in [3.63, 3.8) is 0 Å². The van der Waals surface area contributed by atoms with Crippen molar-refractivity contribution in [2.75, 3.05) is 0 Å². The summed E-state index contributed by atoms with van der Waals surface area (Å²) >= 11 is 0. The summed E-state index contributed by atoms with van der Waals surface area (Å²) in [7, 11) is 0. The Hall–Kier alpha value is -2.62. The van der Waals surface area contributed by atoms with E-state index in [2.05, 4.69) is 0 Å². The first kappa shape index (κ1) is 16.8. The van der Waals surface area contributed by atoms with Gasteiger partial charge >= 0.3 is 11.9 Å². The Bertz CT molecular complexity index is 696. The first-order valence-corrected chi connectivity index (χ1v) is 9.24. The minimum absolute atomic E-state index is 0.265. The Labute approximate surface area is 153 Å². The van der Waals surface area contributed by atoms with Crippen LogP contribution in [0.4, 0.5) is 0 Å². The molecule has 3 saturated carbocycles. The van der Waals surface area contributed by atoms with Crippen molar-refractivity contribution < 1.29 is 19.1 Å². The number of carbonyl (C=O) groups excluding carboxylic acids is 2. The molecule has 0 aliphatic heterocycles. The van der Waals surface area contributed by atoms with Crippen molar-refractivity contribution in [3.05, 3.63) is 71.8 Å². The number of fused-ring (bicyclic) bond motifs is 3. The largest absolute Gasteiger partial charge is 0.455 e. The molecule has 2 aromatic carbocycles. The summed E-state index contributed by atoms with van der Waals surface area (Å²) in [6.07, 6.45) is 3.38. The van der Waals surface area contributed by atoms with Crippen LogP contribution in [0.3, 0.4) is 0 Å². The number of hydrogen-bond acceptors (Lipinski definition) is 4. The average Bonchev–Trinajstić information content (AvgIpc) is 2.71. The summed E-state index contributed by atoms with van der Waals surface area (Å²) in [5.41, 5.74) is 1.06. The summed E-state index contributed by atoms with van der Waals surface area (Å²) < 4.78 is 11.7. The van der Waals surface area contributed by atoms with E-state index < -0.39 is 0 Å². The van der Waals surface area contributed by atoms with Crippen LogP contribution in [0.2, 0.25) is 0 Å². The van der Waals surface area contributed by atoms with Crippen molar-refractivity contribution >= 4 is 11.9 Å². The van der Waals surface area contributed by atoms with Gasteiger partial charge in [0, 0.05) is 0 Å². The fraction of sp³-hybridized carbons (Fsp3) is 0.364. The lowest BCUT2D eigenvalue weighted by molar-refractivity contribution is -0.121. The topological polar surface area (TPSA) is 52.6 Å². The van der Waals surface area contributed by atoms with Crippen molar-refractivity contribution in [2.45, 2.75) is 37.9 Å². The van der Waals surface area contributed by atoms with E-state index in [1.54, 1.807) is 24.3 Å². The number of ether oxygens (including phenoxy) is 2. The highest BCUT2D eigenvalue weighted by Gasteiger charge is 2.48. The fourth-order valence-electron chi connectivity index (χ4n) is 4.20. The van der Waals surface area contributed by atoms with Crippen LogP contribution >= 0.6 is 0 Å². The molecule has 134 valence electrons. The molecule has 5 rings (SSSR count). The zero-order valence-electron chi connectivity index (χ0n) is 14.5. The lowest BCUT2D eigenvalue weighted by Crippen LogP contribution is -2.52. The summed E-state index contributed by atoms with van der Waals surface area (Å²) in [6, 6.07) is 18.0. The molecule has 4 nitrogen and oxygen atoms in total. The zero-order valence-corrected chi connectivity index (χ0v) is 14.5. The van der Waals surface area contributed by atoms with Gasteiger partial charge in [0.25, 0.3) is 0 Å². The molecule has 26 heavy (non-hydrogen) atoms. The molecule has 0 N–H and O–H groups in total. The van der Waals surface area contributed by atoms with E-state index in [0.717, 1.165) is 25.7 Å². The molecule has 2 bridgehead atoms. The van der Waals surface area contributed by atoms with Crippen LogP contribution in [-0.2, 0) is 9.47 Å². The highest BCUT2D eigenvalue weighted by atomic mass is 16.6. The Morgan fingerprint density at radius 3 is 1.31 bits per heavy atom. The number of benzene rings is 2. The first-order chi connectivity index (χ1) is 12.7. The number of esters is 2. The smallest absolute Gasteiger partial charge is 0.338 e. The van der Waals surface area contributed by atoms with Crippen molar-refractivity contribution in [1.82, 2.24) is 0 Å². The maximum absolute atomic E-state index is 12.5. The van der Waals surface area contributed by atoms with Gasteiger partial charge in [-0.2, -0.15) is 0 Å². The second-order valence-corrected chi connectivity index (χ2v) is 7.15. The Morgan fingerprint density at radius 1 is 0.615 bits per heavy atom. The van der Waals surface area contributed by atoms with Crippen LogP contribution in [0, 0.1) is 11.8 Å². The van der Waals surface area contributed by atoms with Crippen molar-refractivity contribution in [3.8, 4) is 0 Å². The maximum Gasteiger partial charge on any atom is 0.338 e. The van der Waals surface area contributed by atoms with E-state index >= 15 is 0 Å². The van der Waals surface area contributed by atoms with E-state index in [1.807, 2.05) is 36.4 Å². The molecule has 3 aliphatic carbocycles. The van der Waals surface area contributed by atoms with E-state index in [-0.39, 0.29) is 36.0 Å². The fourth-order valence-corrected chi connectivity index (χ4v) is 4.20. The second-order valence-electron chi connectivity index (χ2n) is 7.15. The first-order valence-electron chi connectivity index (χ1n) is 9.24. The molecule has 0 aromatic heterocycles. The quantitative estimate of drug-likeness (QED) is 0.773. The third-order valence-electron chi connectivity index (χ3n) is 5.57. The molecule has 0 heterocycles. The molecule has 4 heteroatoms. The Morgan fingerprint density at radius 2 is 0.962 bits per heavy atom. The van der Waals surface area contributed by atoms with Gasteiger partial charge in [-0.15, -0.1) is 0 Å². The van der Waals surface area contributed by atoms with Gasteiger partial charge in [0.05, 0.1) is 11.1 Å². The third-order valence-corrected chi connectivity index (χ3v) is 5.57. The highest BCUT2D eigenvalue weighted by molar-refractivity contribution is 5.90. The Balaban J connectivity index is 1.51. The second kappa shape index (κ2) is 7.32. The van der Waals surface area contributed by atoms with E-state index in [4.69, 9.17) is 9.47 Å². The van der Waals surface area contributed by atoms with Crippen molar-refractivity contribution in [1.29, 1.82) is 0 Å². The van der Waals surface area contributed by atoms with Gasteiger partial charge in [-0.25, -0.2) is 9.59 Å². The predicted octanol–water partition coefficient (Wildman–Crippen LogP) is 4.26. The summed E-state index contributed by atoms with van der Waals surface area (Å²) in [5, 5.41) is 0.